The Labute approximate surface area is 440 Å². The van der Waals surface area contributed by atoms with E-state index >= 15 is 0 Å². The fourth-order valence-corrected chi connectivity index (χ4v) is 11.5. The molecular formula is C52H85N7O14S. The van der Waals surface area contributed by atoms with Gasteiger partial charge < -0.3 is 73.6 Å². The van der Waals surface area contributed by atoms with Crippen LogP contribution in [0.3, 0.4) is 0 Å². The van der Waals surface area contributed by atoms with Gasteiger partial charge in [-0.1, -0.05) is 30.5 Å². The lowest BCUT2D eigenvalue weighted by molar-refractivity contribution is -0.301. The summed E-state index contributed by atoms with van der Waals surface area (Å²) in [6.45, 7) is 17.3. The lowest BCUT2D eigenvalue weighted by atomic mass is 9.77. The molecule has 19 atom stereocenters. The van der Waals surface area contributed by atoms with Crippen molar-refractivity contribution in [3.8, 4) is 17.0 Å². The van der Waals surface area contributed by atoms with Gasteiger partial charge in [0.1, 0.15) is 48.6 Å². The fourth-order valence-electron chi connectivity index (χ4n) is 11.1. The normalized spacial score (nSPS) is 37.7. The van der Waals surface area contributed by atoms with E-state index in [0.717, 1.165) is 11.3 Å². The molecule has 0 aliphatic carbocycles. The Morgan fingerprint density at radius 3 is 2.36 bits per heavy atom. The lowest BCUT2D eigenvalue weighted by Gasteiger charge is -2.48. The smallest absolute Gasteiger partial charge is 0.311 e. The van der Waals surface area contributed by atoms with Gasteiger partial charge in [0.2, 0.25) is 0 Å². The van der Waals surface area contributed by atoms with Crippen molar-refractivity contribution in [2.45, 2.75) is 198 Å². The molecule has 0 radical (unpaired) electrons. The van der Waals surface area contributed by atoms with Gasteiger partial charge in [0.25, 0.3) is 0 Å². The molecule has 5 heterocycles. The van der Waals surface area contributed by atoms with Crippen molar-refractivity contribution in [3.05, 3.63) is 41.5 Å². The Bertz CT molecular complexity index is 2160. The molecule has 0 saturated carbocycles. The van der Waals surface area contributed by atoms with Crippen LogP contribution in [0.4, 0.5) is 0 Å². The van der Waals surface area contributed by atoms with E-state index < -0.39 is 108 Å². The minimum Gasteiger partial charge on any atom is -0.491 e. The zero-order valence-corrected chi connectivity index (χ0v) is 46.2. The Hall–Kier alpha value is -3.33. The molecule has 74 heavy (non-hydrogen) atoms. The molecule has 3 aromatic rings. The van der Waals surface area contributed by atoms with Gasteiger partial charge in [0.05, 0.1) is 72.6 Å². The molecule has 1 aromatic carbocycles. The first-order valence-electron chi connectivity index (χ1n) is 26.2. The number of methoxy groups -OCH3 is 1. The average molecular weight is 1060 g/mol. The first kappa shape index (κ1) is 59.9. The molecule has 22 heteroatoms. The van der Waals surface area contributed by atoms with Crippen LogP contribution in [0.25, 0.3) is 11.3 Å². The van der Waals surface area contributed by atoms with Crippen molar-refractivity contribution in [1.29, 1.82) is 0 Å². The monoisotopic (exact) mass is 1060 g/mol. The molecular weight excluding hydrogens is 979 g/mol. The molecule has 1 unspecified atom stereocenters. The van der Waals surface area contributed by atoms with Gasteiger partial charge in [-0.2, -0.15) is 0 Å². The number of aromatic nitrogens is 5. The van der Waals surface area contributed by atoms with E-state index in [-0.39, 0.29) is 51.0 Å². The number of hydrogen-bond donors (Lipinski definition) is 6. The van der Waals surface area contributed by atoms with Gasteiger partial charge in [-0.05, 0) is 117 Å². The topological polar surface area (TPSA) is 266 Å². The maximum atomic E-state index is 14.3. The summed E-state index contributed by atoms with van der Waals surface area (Å²) in [7, 11) is 5.28. The van der Waals surface area contributed by atoms with Crippen LogP contribution < -0.4 is 4.74 Å². The number of carbonyl (C=O) groups is 1. The minimum atomic E-state index is -1.62. The minimum absolute atomic E-state index is 0.0212. The summed E-state index contributed by atoms with van der Waals surface area (Å²) >= 11 is 1.28. The Kier molecular flexibility index (Phi) is 21.3. The number of rotatable bonds is 17. The highest BCUT2D eigenvalue weighted by Gasteiger charge is 2.50. The molecule has 6 rings (SSSR count). The number of aliphatic hydroxyl groups is 6. The molecule has 3 fully saturated rings. The van der Waals surface area contributed by atoms with Crippen LogP contribution in [0, 0.1) is 17.8 Å². The van der Waals surface area contributed by atoms with Crippen LogP contribution in [-0.2, 0) is 46.2 Å². The van der Waals surface area contributed by atoms with Gasteiger partial charge in [0.15, 0.2) is 6.29 Å². The van der Waals surface area contributed by atoms with Crippen LogP contribution >= 0.6 is 11.5 Å². The quantitative estimate of drug-likeness (QED) is 0.106. The predicted octanol–water partition coefficient (Wildman–Crippen LogP) is 2.72. The van der Waals surface area contributed by atoms with Gasteiger partial charge in [-0.15, -0.1) is 10.2 Å². The van der Waals surface area contributed by atoms with E-state index in [4.69, 9.17) is 33.2 Å². The average Bonchev–Trinajstić information content (AvgIpc) is 4.08. The first-order chi connectivity index (χ1) is 34.9. The molecule has 3 aliphatic heterocycles. The predicted molar refractivity (Wildman–Crippen MR) is 274 cm³/mol. The molecule has 2 aromatic heterocycles. The number of hydrogen-bond acceptors (Lipinski definition) is 21. The number of cyclic esters (lactones) is 1. The molecule has 0 amide bonds. The van der Waals surface area contributed by atoms with Crippen molar-refractivity contribution in [2.24, 2.45) is 17.8 Å². The van der Waals surface area contributed by atoms with Crippen molar-refractivity contribution in [2.75, 3.05) is 47.5 Å². The van der Waals surface area contributed by atoms with Crippen LogP contribution in [0.1, 0.15) is 93.7 Å². The molecule has 0 spiro atoms. The van der Waals surface area contributed by atoms with E-state index in [1.165, 1.54) is 18.6 Å². The maximum absolute atomic E-state index is 14.3. The van der Waals surface area contributed by atoms with Crippen LogP contribution in [0.2, 0.25) is 0 Å². The molecule has 3 aliphatic rings. The largest absolute Gasteiger partial charge is 0.491 e. The third kappa shape index (κ3) is 15.0. The maximum Gasteiger partial charge on any atom is 0.311 e. The van der Waals surface area contributed by atoms with Gasteiger partial charge in [0, 0.05) is 68.2 Å². The van der Waals surface area contributed by atoms with Gasteiger partial charge in [-0.25, -0.2) is 4.68 Å². The first-order valence-corrected chi connectivity index (χ1v) is 27.0. The summed E-state index contributed by atoms with van der Waals surface area (Å²) in [4.78, 5) is 18.3. The number of nitrogens with zero attached hydrogens (tertiary/aromatic N) is 7. The van der Waals surface area contributed by atoms with Gasteiger partial charge >= 0.3 is 5.97 Å². The van der Waals surface area contributed by atoms with E-state index in [1.54, 1.807) is 45.5 Å². The second-order valence-corrected chi connectivity index (χ2v) is 22.5. The lowest BCUT2D eigenvalue weighted by Crippen LogP contribution is -2.60. The molecule has 0 bridgehead atoms. The number of likely N-dealkylation sites (N-methyl/N-ethyl adjacent to an activating group) is 2. The van der Waals surface area contributed by atoms with Crippen molar-refractivity contribution >= 4 is 17.5 Å². The number of esters is 1. The van der Waals surface area contributed by atoms with Gasteiger partial charge in [-0.3, -0.25) is 4.79 Å². The third-order valence-corrected chi connectivity index (χ3v) is 16.1. The van der Waals surface area contributed by atoms with Crippen molar-refractivity contribution in [1.82, 2.24) is 34.4 Å². The molecule has 418 valence electrons. The van der Waals surface area contributed by atoms with E-state index in [1.807, 2.05) is 81.2 Å². The highest BCUT2D eigenvalue weighted by atomic mass is 32.1. The summed E-state index contributed by atoms with van der Waals surface area (Å²) in [5, 5.41) is 84.1. The van der Waals surface area contributed by atoms with Crippen molar-refractivity contribution in [3.63, 3.8) is 0 Å². The summed E-state index contributed by atoms with van der Waals surface area (Å²) in [5.41, 5.74) is -0.152. The Morgan fingerprint density at radius 2 is 1.70 bits per heavy atom. The summed E-state index contributed by atoms with van der Waals surface area (Å²) in [5.74, 6) is -2.03. The highest BCUT2D eigenvalue weighted by molar-refractivity contribution is 7.03. The number of aliphatic hydroxyl groups excluding tert-OH is 5. The highest BCUT2D eigenvalue weighted by Crippen LogP contribution is 2.39. The number of benzene rings is 1. The standard InChI is InChI=1S/C52H85N7O14S/c1-13-42-45(63)43(61)33(6)58(11)23-29(2)21-51(8,66)48(31(4)46(32(5)49(65)72-42)69-27-39-22-52(9,67-12)47(64)34(7)71-39)73-50-44(62)41(20-30(3)70-50)57(10)19-18-36-24-59(55-53-36)25-37(60)26-68-38-16-14-35(15-17-38)40-28-74-56-54-40/h14-17,24,28-34,37,39,41-48,50,60-64,66H,13,18-23,25-27H2,1-12H3/t29-,30-,31+,32-,33-,34+,37?,39-,41+,42-,43-,44-,45-,46+,47+,48-,50+,51-,52-/m1/s1. The van der Waals surface area contributed by atoms with Crippen molar-refractivity contribution < 1.29 is 68.6 Å². The molecule has 6 N–H and O–H groups in total. The molecule has 21 nitrogen and oxygen atoms in total. The van der Waals surface area contributed by atoms with E-state index in [0.29, 0.717) is 37.4 Å². The third-order valence-electron chi connectivity index (χ3n) is 15.6. The zero-order valence-electron chi connectivity index (χ0n) is 45.3. The van der Waals surface area contributed by atoms with Crippen LogP contribution in [0.15, 0.2) is 35.8 Å². The van der Waals surface area contributed by atoms with E-state index in [2.05, 4.69) is 19.9 Å². The summed E-state index contributed by atoms with van der Waals surface area (Å²) < 4.78 is 49.3. The zero-order chi connectivity index (χ0) is 54.2. The second kappa shape index (κ2) is 26.3. The van der Waals surface area contributed by atoms with Crippen LogP contribution in [0.5, 0.6) is 5.75 Å². The second-order valence-electron chi connectivity index (χ2n) is 21.9. The Balaban J connectivity index is 1.18. The summed E-state index contributed by atoms with van der Waals surface area (Å²) in [6.07, 6.45) is -8.00. The number of ether oxygens (including phenoxy) is 7. The fraction of sp³-hybridized carbons (Fsp3) is 0.788. The van der Waals surface area contributed by atoms with E-state index in [9.17, 15) is 35.4 Å². The number of carbonyl (C=O) groups excluding carboxylic acids is 1. The molecule has 3 saturated heterocycles. The van der Waals surface area contributed by atoms with Crippen LogP contribution in [-0.4, -0.2) is 215 Å². The Morgan fingerprint density at radius 1 is 0.986 bits per heavy atom. The SMILES string of the molecule is CC[C@H]1OC(=O)[C@H](C)[C@@H](OC[C@H]2C[C@@](C)(OC)[C@@H](O)[C@H](C)O2)[C@H](C)[C@@H](O[C@@H]2O[C@H](C)C[C@H](N(C)CCc3cn(CC(O)COc4ccc(-c5csnn5)cc4)nn3)[C@H]2O)[C@](C)(O)C[C@@H](C)CN(C)[C@H](C)[C@@H](O)[C@@H]1O. The summed E-state index contributed by atoms with van der Waals surface area (Å²) in [6, 6.07) is 6.43.